The molecule has 1 aromatic carbocycles. The molecule has 0 atom stereocenters. The highest BCUT2D eigenvalue weighted by Gasteiger charge is 2.23. The fourth-order valence-electron chi connectivity index (χ4n) is 4.60. The molecule has 7 nitrogen and oxygen atoms in total. The number of nitrogens with one attached hydrogen (secondary N) is 2. The Balaban J connectivity index is 1.28. The number of para-hydroxylation sites is 1. The molecule has 0 spiro atoms. The average molecular weight is 450 g/mol. The van der Waals surface area contributed by atoms with Crippen LogP contribution in [0.3, 0.4) is 0 Å². The molecule has 1 aliphatic carbocycles. The SMILES string of the molecule is CN(C)c1nc(NC2CCC(CNCc3cc(C(C)(C)C)nn3C)CC2)nc2ccccc12. The number of benzene rings is 1. The molecule has 1 aliphatic rings. The van der Waals surface area contributed by atoms with Gasteiger partial charge in [0.1, 0.15) is 5.82 Å². The minimum atomic E-state index is 0.0868. The van der Waals surface area contributed by atoms with Crippen molar-refractivity contribution in [2.45, 2.75) is 64.5 Å². The molecule has 0 aliphatic heterocycles. The van der Waals surface area contributed by atoms with Crippen LogP contribution < -0.4 is 15.5 Å². The number of hydrogen-bond donors (Lipinski definition) is 2. The van der Waals surface area contributed by atoms with Crippen LogP contribution in [-0.4, -0.2) is 46.4 Å². The van der Waals surface area contributed by atoms with Crippen molar-refractivity contribution in [2.75, 3.05) is 30.9 Å². The van der Waals surface area contributed by atoms with Crippen LogP contribution in [0.1, 0.15) is 57.8 Å². The van der Waals surface area contributed by atoms with Crippen molar-refractivity contribution in [2.24, 2.45) is 13.0 Å². The first-order valence-corrected chi connectivity index (χ1v) is 12.2. The Morgan fingerprint density at radius 2 is 1.79 bits per heavy atom. The summed E-state index contributed by atoms with van der Waals surface area (Å²) < 4.78 is 2.01. The van der Waals surface area contributed by atoms with Crippen molar-refractivity contribution in [1.29, 1.82) is 0 Å². The van der Waals surface area contributed by atoms with Crippen molar-refractivity contribution in [3.05, 3.63) is 41.7 Å². The molecule has 2 aromatic heterocycles. The fraction of sp³-hybridized carbons (Fsp3) is 0.577. The van der Waals surface area contributed by atoms with Crippen LogP contribution >= 0.6 is 0 Å². The fourth-order valence-corrected chi connectivity index (χ4v) is 4.60. The van der Waals surface area contributed by atoms with Crippen molar-refractivity contribution in [3.63, 3.8) is 0 Å². The number of anilines is 2. The van der Waals surface area contributed by atoms with E-state index >= 15 is 0 Å². The van der Waals surface area contributed by atoms with Gasteiger partial charge < -0.3 is 15.5 Å². The molecule has 7 heteroatoms. The molecule has 4 rings (SSSR count). The number of nitrogens with zero attached hydrogens (tertiary/aromatic N) is 5. The second kappa shape index (κ2) is 9.67. The Morgan fingerprint density at radius 3 is 2.45 bits per heavy atom. The number of hydrogen-bond acceptors (Lipinski definition) is 6. The molecular weight excluding hydrogens is 410 g/mol. The van der Waals surface area contributed by atoms with Gasteiger partial charge in [-0.1, -0.05) is 32.9 Å². The summed E-state index contributed by atoms with van der Waals surface area (Å²) in [5, 5.41) is 13.1. The smallest absolute Gasteiger partial charge is 0.225 e. The third kappa shape index (κ3) is 5.64. The van der Waals surface area contributed by atoms with Crippen LogP contribution in [0.4, 0.5) is 11.8 Å². The molecule has 1 fully saturated rings. The molecule has 0 bridgehead atoms. The van der Waals surface area contributed by atoms with E-state index in [9.17, 15) is 0 Å². The lowest BCUT2D eigenvalue weighted by molar-refractivity contribution is 0.323. The monoisotopic (exact) mass is 449 g/mol. The first kappa shape index (κ1) is 23.5. The van der Waals surface area contributed by atoms with Gasteiger partial charge in [-0.2, -0.15) is 10.1 Å². The number of aromatic nitrogens is 4. The van der Waals surface area contributed by atoms with Crippen molar-refractivity contribution in [1.82, 2.24) is 25.1 Å². The van der Waals surface area contributed by atoms with Crippen molar-refractivity contribution in [3.8, 4) is 0 Å². The van der Waals surface area contributed by atoms with Gasteiger partial charge in [0.05, 0.1) is 16.9 Å². The molecule has 0 saturated heterocycles. The summed E-state index contributed by atoms with van der Waals surface area (Å²) in [6, 6.07) is 10.9. The first-order valence-electron chi connectivity index (χ1n) is 12.2. The zero-order chi connectivity index (χ0) is 23.6. The normalized spacial score (nSPS) is 19.1. The van der Waals surface area contributed by atoms with Crippen LogP contribution in [0.5, 0.6) is 0 Å². The highest BCUT2D eigenvalue weighted by Crippen LogP contribution is 2.28. The van der Waals surface area contributed by atoms with Gasteiger partial charge >= 0.3 is 0 Å². The summed E-state index contributed by atoms with van der Waals surface area (Å²) >= 11 is 0. The van der Waals surface area contributed by atoms with E-state index in [-0.39, 0.29) is 5.41 Å². The third-order valence-corrected chi connectivity index (χ3v) is 6.67. The van der Waals surface area contributed by atoms with E-state index in [1.54, 1.807) is 0 Å². The van der Waals surface area contributed by atoms with E-state index in [0.29, 0.717) is 12.0 Å². The first-order chi connectivity index (χ1) is 15.7. The standard InChI is InChI=1S/C26H39N7/c1-26(2,3)23-15-20(33(6)31-23)17-27-16-18-11-13-19(14-12-18)28-25-29-22-10-8-7-9-21(22)24(30-25)32(4)5/h7-10,15,18-19,27H,11-14,16-17H2,1-6H3,(H,28,29,30). The van der Waals surface area contributed by atoms with Gasteiger partial charge in [0.15, 0.2) is 0 Å². The zero-order valence-electron chi connectivity index (χ0n) is 21.0. The molecule has 0 radical (unpaired) electrons. The minimum Gasteiger partial charge on any atom is -0.362 e. The molecule has 0 amide bonds. The molecule has 3 aromatic rings. The van der Waals surface area contributed by atoms with E-state index in [4.69, 9.17) is 9.97 Å². The van der Waals surface area contributed by atoms with E-state index in [1.807, 2.05) is 38.0 Å². The second-order valence-corrected chi connectivity index (χ2v) is 10.7. The van der Waals surface area contributed by atoms with Crippen LogP contribution in [0.2, 0.25) is 0 Å². The molecular formula is C26H39N7. The van der Waals surface area contributed by atoms with E-state index in [1.165, 1.54) is 18.5 Å². The molecule has 2 N–H and O–H groups in total. The maximum Gasteiger partial charge on any atom is 0.225 e. The zero-order valence-corrected chi connectivity index (χ0v) is 21.0. The highest BCUT2D eigenvalue weighted by atomic mass is 15.3. The highest BCUT2D eigenvalue weighted by molar-refractivity contribution is 5.90. The Kier molecular flexibility index (Phi) is 6.88. The van der Waals surface area contributed by atoms with Crippen LogP contribution in [-0.2, 0) is 19.0 Å². The van der Waals surface area contributed by atoms with Gasteiger partial charge in [0.25, 0.3) is 0 Å². The minimum absolute atomic E-state index is 0.0868. The van der Waals surface area contributed by atoms with E-state index in [0.717, 1.165) is 54.3 Å². The summed E-state index contributed by atoms with van der Waals surface area (Å²) in [4.78, 5) is 11.6. The average Bonchev–Trinajstić information content (AvgIpc) is 3.15. The lowest BCUT2D eigenvalue weighted by atomic mass is 9.86. The largest absolute Gasteiger partial charge is 0.362 e. The third-order valence-electron chi connectivity index (χ3n) is 6.67. The topological polar surface area (TPSA) is 70.9 Å². The summed E-state index contributed by atoms with van der Waals surface area (Å²) in [6.07, 6.45) is 4.74. The lowest BCUT2D eigenvalue weighted by Crippen LogP contribution is -2.32. The number of fused-ring (bicyclic) bond motifs is 1. The van der Waals surface area contributed by atoms with Gasteiger partial charge in [-0.05, 0) is 56.3 Å². The quantitative estimate of drug-likeness (QED) is 0.554. The predicted molar refractivity (Wildman–Crippen MR) is 137 cm³/mol. The summed E-state index contributed by atoms with van der Waals surface area (Å²) in [5.41, 5.74) is 3.48. The van der Waals surface area contributed by atoms with Gasteiger partial charge in [0.2, 0.25) is 5.95 Å². The van der Waals surface area contributed by atoms with E-state index in [2.05, 4.69) is 59.6 Å². The van der Waals surface area contributed by atoms with Gasteiger partial charge in [0, 0.05) is 44.5 Å². The Morgan fingerprint density at radius 1 is 1.06 bits per heavy atom. The Bertz CT molecular complexity index is 1070. The maximum atomic E-state index is 4.81. The molecule has 2 heterocycles. The number of aryl methyl sites for hydroxylation is 1. The summed E-state index contributed by atoms with van der Waals surface area (Å²) in [5.74, 6) is 2.42. The number of rotatable bonds is 7. The van der Waals surface area contributed by atoms with Gasteiger partial charge in [-0.3, -0.25) is 4.68 Å². The van der Waals surface area contributed by atoms with Gasteiger partial charge in [-0.15, -0.1) is 0 Å². The van der Waals surface area contributed by atoms with Crippen molar-refractivity contribution < 1.29 is 0 Å². The summed E-state index contributed by atoms with van der Waals surface area (Å²) in [6.45, 7) is 8.56. The molecule has 178 valence electrons. The van der Waals surface area contributed by atoms with Crippen molar-refractivity contribution >= 4 is 22.7 Å². The van der Waals surface area contributed by atoms with Crippen LogP contribution in [0.15, 0.2) is 30.3 Å². The lowest BCUT2D eigenvalue weighted by Gasteiger charge is -2.29. The van der Waals surface area contributed by atoms with Gasteiger partial charge in [-0.25, -0.2) is 4.98 Å². The predicted octanol–water partition coefficient (Wildman–Crippen LogP) is 4.49. The summed E-state index contributed by atoms with van der Waals surface area (Å²) in [7, 11) is 6.11. The Hall–Kier alpha value is -2.67. The molecule has 33 heavy (non-hydrogen) atoms. The van der Waals surface area contributed by atoms with Crippen LogP contribution in [0, 0.1) is 5.92 Å². The maximum absolute atomic E-state index is 4.81. The van der Waals surface area contributed by atoms with E-state index < -0.39 is 0 Å². The Labute approximate surface area is 198 Å². The second-order valence-electron chi connectivity index (χ2n) is 10.7. The molecule has 0 unspecified atom stereocenters. The molecule has 1 saturated carbocycles. The van der Waals surface area contributed by atoms with Crippen LogP contribution in [0.25, 0.3) is 10.9 Å².